The summed E-state index contributed by atoms with van der Waals surface area (Å²) in [7, 11) is 0. The average molecular weight is 237 g/mol. The zero-order valence-electron chi connectivity index (χ0n) is 10.9. The molecule has 98 valence electrons. The van der Waals surface area contributed by atoms with Crippen LogP contribution in [0.15, 0.2) is 0 Å². The van der Waals surface area contributed by atoms with Gasteiger partial charge < -0.3 is 10.4 Å². The van der Waals surface area contributed by atoms with Gasteiger partial charge in [-0.1, -0.05) is 32.1 Å². The van der Waals surface area contributed by atoms with Crippen molar-refractivity contribution >= 4 is 0 Å². The van der Waals surface area contributed by atoms with Gasteiger partial charge in [0.15, 0.2) is 0 Å². The van der Waals surface area contributed by atoms with Gasteiger partial charge in [0, 0.05) is 12.1 Å². The molecule has 0 heterocycles. The quantitative estimate of drug-likeness (QED) is 0.791. The SMILES string of the molecule is OC1CCC(NC2CC2C2CCCCC2)CC1. The van der Waals surface area contributed by atoms with Crippen LogP contribution in [0, 0.1) is 11.8 Å². The van der Waals surface area contributed by atoms with Gasteiger partial charge in [0.05, 0.1) is 6.10 Å². The molecule has 0 aromatic heterocycles. The Kier molecular flexibility index (Phi) is 3.72. The maximum Gasteiger partial charge on any atom is 0.0541 e. The highest BCUT2D eigenvalue weighted by Gasteiger charge is 2.43. The summed E-state index contributed by atoms with van der Waals surface area (Å²) in [4.78, 5) is 0. The van der Waals surface area contributed by atoms with Crippen molar-refractivity contribution in [2.75, 3.05) is 0 Å². The number of rotatable bonds is 3. The molecule has 3 aliphatic carbocycles. The van der Waals surface area contributed by atoms with Gasteiger partial charge in [-0.25, -0.2) is 0 Å². The van der Waals surface area contributed by atoms with E-state index in [9.17, 15) is 5.11 Å². The third kappa shape index (κ3) is 3.03. The fourth-order valence-corrected chi connectivity index (χ4v) is 4.03. The zero-order valence-corrected chi connectivity index (χ0v) is 10.9. The normalized spacial score (nSPS) is 43.6. The summed E-state index contributed by atoms with van der Waals surface area (Å²) in [6.07, 6.45) is 13.2. The third-order valence-electron chi connectivity index (χ3n) is 5.24. The molecule has 0 bridgehead atoms. The molecule has 2 nitrogen and oxygen atoms in total. The van der Waals surface area contributed by atoms with Gasteiger partial charge in [-0.3, -0.25) is 0 Å². The van der Waals surface area contributed by atoms with E-state index in [1.165, 1.54) is 51.4 Å². The lowest BCUT2D eigenvalue weighted by molar-refractivity contribution is 0.115. The summed E-state index contributed by atoms with van der Waals surface area (Å²) >= 11 is 0. The molecule has 3 fully saturated rings. The van der Waals surface area contributed by atoms with Crippen LogP contribution in [0.1, 0.15) is 64.2 Å². The second-order valence-electron chi connectivity index (χ2n) is 6.58. The van der Waals surface area contributed by atoms with Crippen molar-refractivity contribution in [2.24, 2.45) is 11.8 Å². The number of hydrogen-bond donors (Lipinski definition) is 2. The van der Waals surface area contributed by atoms with E-state index in [1.807, 2.05) is 0 Å². The lowest BCUT2D eigenvalue weighted by atomic mass is 9.85. The van der Waals surface area contributed by atoms with Gasteiger partial charge in [-0.2, -0.15) is 0 Å². The second-order valence-corrected chi connectivity index (χ2v) is 6.58. The van der Waals surface area contributed by atoms with E-state index in [-0.39, 0.29) is 6.10 Å². The third-order valence-corrected chi connectivity index (χ3v) is 5.24. The van der Waals surface area contributed by atoms with E-state index in [0.717, 1.165) is 30.7 Å². The first-order valence-electron chi connectivity index (χ1n) is 7.77. The van der Waals surface area contributed by atoms with E-state index in [2.05, 4.69) is 5.32 Å². The highest BCUT2D eigenvalue weighted by Crippen LogP contribution is 2.44. The van der Waals surface area contributed by atoms with Crippen LogP contribution >= 0.6 is 0 Å². The lowest BCUT2D eigenvalue weighted by Gasteiger charge is -2.27. The minimum absolute atomic E-state index is 0.0126. The Bertz CT molecular complexity index is 241. The van der Waals surface area contributed by atoms with E-state index < -0.39 is 0 Å². The lowest BCUT2D eigenvalue weighted by Crippen LogP contribution is -2.37. The molecule has 2 heteroatoms. The van der Waals surface area contributed by atoms with Crippen molar-refractivity contribution in [1.29, 1.82) is 0 Å². The Morgan fingerprint density at radius 3 is 2.24 bits per heavy atom. The molecule has 3 aliphatic rings. The van der Waals surface area contributed by atoms with Crippen molar-refractivity contribution in [3.63, 3.8) is 0 Å². The molecule has 3 saturated carbocycles. The van der Waals surface area contributed by atoms with Crippen LogP contribution in [0.25, 0.3) is 0 Å². The van der Waals surface area contributed by atoms with Crippen LogP contribution in [-0.2, 0) is 0 Å². The fraction of sp³-hybridized carbons (Fsp3) is 1.00. The van der Waals surface area contributed by atoms with Gasteiger partial charge in [0.1, 0.15) is 0 Å². The molecular formula is C15H27NO. The Hall–Kier alpha value is -0.0800. The molecule has 17 heavy (non-hydrogen) atoms. The van der Waals surface area contributed by atoms with Crippen LogP contribution in [-0.4, -0.2) is 23.3 Å². The summed E-state index contributed by atoms with van der Waals surface area (Å²) in [5.74, 6) is 2.04. The van der Waals surface area contributed by atoms with E-state index in [4.69, 9.17) is 0 Å². The number of hydrogen-bond acceptors (Lipinski definition) is 2. The summed E-state index contributed by atoms with van der Waals surface area (Å²) < 4.78 is 0. The van der Waals surface area contributed by atoms with Gasteiger partial charge in [-0.05, 0) is 43.9 Å². The van der Waals surface area contributed by atoms with Crippen LogP contribution in [0.4, 0.5) is 0 Å². The van der Waals surface area contributed by atoms with E-state index in [1.54, 1.807) is 0 Å². The first-order chi connectivity index (χ1) is 8.33. The molecule has 0 amide bonds. The van der Waals surface area contributed by atoms with Crippen molar-refractivity contribution < 1.29 is 5.11 Å². The van der Waals surface area contributed by atoms with Crippen molar-refractivity contribution in [1.82, 2.24) is 5.32 Å². The van der Waals surface area contributed by atoms with E-state index in [0.29, 0.717) is 6.04 Å². The maximum atomic E-state index is 9.50. The molecule has 0 aromatic carbocycles. The Morgan fingerprint density at radius 2 is 1.53 bits per heavy atom. The highest BCUT2D eigenvalue weighted by atomic mass is 16.3. The van der Waals surface area contributed by atoms with Crippen LogP contribution in [0.3, 0.4) is 0 Å². The number of aliphatic hydroxyl groups excluding tert-OH is 1. The standard InChI is InChI=1S/C15H27NO/c17-13-8-6-12(7-9-13)16-15-10-14(15)11-4-2-1-3-5-11/h11-17H,1-10H2. The zero-order chi connectivity index (χ0) is 11.7. The van der Waals surface area contributed by atoms with E-state index >= 15 is 0 Å². The smallest absolute Gasteiger partial charge is 0.0541 e. The molecule has 2 atom stereocenters. The number of aliphatic hydroxyl groups is 1. The first-order valence-corrected chi connectivity index (χ1v) is 7.77. The molecule has 2 unspecified atom stereocenters. The number of nitrogens with one attached hydrogen (secondary N) is 1. The second kappa shape index (κ2) is 5.27. The van der Waals surface area contributed by atoms with Crippen molar-refractivity contribution in [2.45, 2.75) is 82.4 Å². The first kappa shape index (κ1) is 12.0. The van der Waals surface area contributed by atoms with Crippen LogP contribution < -0.4 is 5.32 Å². The molecule has 3 rings (SSSR count). The Labute approximate surface area is 105 Å². The minimum atomic E-state index is -0.0126. The molecule has 0 saturated heterocycles. The maximum absolute atomic E-state index is 9.50. The topological polar surface area (TPSA) is 32.3 Å². The van der Waals surface area contributed by atoms with Gasteiger partial charge >= 0.3 is 0 Å². The molecular weight excluding hydrogens is 210 g/mol. The van der Waals surface area contributed by atoms with Gasteiger partial charge in [-0.15, -0.1) is 0 Å². The van der Waals surface area contributed by atoms with Gasteiger partial charge in [0.25, 0.3) is 0 Å². The molecule has 0 spiro atoms. The largest absolute Gasteiger partial charge is 0.393 e. The summed E-state index contributed by atoms with van der Waals surface area (Å²) in [5, 5.41) is 13.4. The monoisotopic (exact) mass is 237 g/mol. The van der Waals surface area contributed by atoms with Crippen molar-refractivity contribution in [3.8, 4) is 0 Å². The Morgan fingerprint density at radius 1 is 0.824 bits per heavy atom. The Balaban J connectivity index is 1.39. The van der Waals surface area contributed by atoms with Crippen LogP contribution in [0.2, 0.25) is 0 Å². The summed E-state index contributed by atoms with van der Waals surface area (Å²) in [5.41, 5.74) is 0. The van der Waals surface area contributed by atoms with Crippen molar-refractivity contribution in [3.05, 3.63) is 0 Å². The summed E-state index contributed by atoms with van der Waals surface area (Å²) in [6.45, 7) is 0. The average Bonchev–Trinajstić information content (AvgIpc) is 3.13. The molecule has 0 aromatic rings. The van der Waals surface area contributed by atoms with Gasteiger partial charge in [0.2, 0.25) is 0 Å². The van der Waals surface area contributed by atoms with Crippen LogP contribution in [0.5, 0.6) is 0 Å². The molecule has 0 aliphatic heterocycles. The predicted molar refractivity (Wildman–Crippen MR) is 69.9 cm³/mol. The highest BCUT2D eigenvalue weighted by molar-refractivity contribution is 4.99. The summed E-state index contributed by atoms with van der Waals surface area (Å²) in [6, 6.07) is 1.54. The fourth-order valence-electron chi connectivity index (χ4n) is 4.03. The molecule has 2 N–H and O–H groups in total. The predicted octanol–water partition coefficient (Wildman–Crippen LogP) is 2.85. The minimum Gasteiger partial charge on any atom is -0.393 e. The molecule has 0 radical (unpaired) electrons.